The fourth-order valence-electron chi connectivity index (χ4n) is 2.27. The molecular weight excluding hydrogens is 361 g/mol. The number of nitro benzene ring substituents is 1. The Kier molecular flexibility index (Phi) is 4.22. The van der Waals surface area contributed by atoms with Gasteiger partial charge in [0.1, 0.15) is 11.5 Å². The molecule has 0 fully saturated rings. The summed E-state index contributed by atoms with van der Waals surface area (Å²) in [6, 6.07) is 8.56. The number of non-ortho nitro benzene ring substituents is 1. The van der Waals surface area contributed by atoms with E-state index in [1.807, 2.05) is 0 Å². The average molecular weight is 369 g/mol. The lowest BCUT2D eigenvalue weighted by molar-refractivity contribution is -0.384. The Labute approximate surface area is 143 Å². The number of nitro groups is 1. The van der Waals surface area contributed by atoms with E-state index in [4.69, 9.17) is 16.3 Å². The SMILES string of the molecule is O=[N+]([O-])c1ccc(Oc2ccnc3c(C(F)(F)F)cccc23)c(Cl)c1. The van der Waals surface area contributed by atoms with Crippen molar-refractivity contribution in [2.75, 3.05) is 0 Å². The maximum absolute atomic E-state index is 13.1. The number of alkyl halides is 3. The highest BCUT2D eigenvalue weighted by Gasteiger charge is 2.33. The second kappa shape index (κ2) is 6.21. The Balaban J connectivity index is 2.07. The quantitative estimate of drug-likeness (QED) is 0.445. The number of halogens is 4. The topological polar surface area (TPSA) is 65.3 Å². The van der Waals surface area contributed by atoms with Crippen LogP contribution in [0.2, 0.25) is 5.02 Å². The molecule has 0 saturated heterocycles. The van der Waals surface area contributed by atoms with Crippen LogP contribution in [0.3, 0.4) is 0 Å². The van der Waals surface area contributed by atoms with Gasteiger partial charge in [-0.05, 0) is 24.3 Å². The molecule has 25 heavy (non-hydrogen) atoms. The number of ether oxygens (including phenoxy) is 1. The molecule has 128 valence electrons. The summed E-state index contributed by atoms with van der Waals surface area (Å²) < 4.78 is 44.8. The van der Waals surface area contributed by atoms with E-state index in [0.717, 1.165) is 12.1 Å². The smallest absolute Gasteiger partial charge is 0.418 e. The van der Waals surface area contributed by atoms with Crippen LogP contribution in [0.1, 0.15) is 5.56 Å². The zero-order valence-electron chi connectivity index (χ0n) is 12.2. The molecule has 5 nitrogen and oxygen atoms in total. The zero-order valence-corrected chi connectivity index (χ0v) is 13.0. The highest BCUT2D eigenvalue weighted by atomic mass is 35.5. The van der Waals surface area contributed by atoms with Crippen molar-refractivity contribution in [3.63, 3.8) is 0 Å². The van der Waals surface area contributed by atoms with Gasteiger partial charge in [-0.1, -0.05) is 17.7 Å². The van der Waals surface area contributed by atoms with Gasteiger partial charge in [0.25, 0.3) is 5.69 Å². The van der Waals surface area contributed by atoms with Crippen molar-refractivity contribution in [2.45, 2.75) is 6.18 Å². The van der Waals surface area contributed by atoms with Crippen molar-refractivity contribution in [3.8, 4) is 11.5 Å². The van der Waals surface area contributed by atoms with Crippen LogP contribution in [-0.2, 0) is 6.18 Å². The first-order valence-corrected chi connectivity index (χ1v) is 7.22. The maximum Gasteiger partial charge on any atom is 0.418 e. The summed E-state index contributed by atoms with van der Waals surface area (Å²) in [4.78, 5) is 13.9. The van der Waals surface area contributed by atoms with Gasteiger partial charge in [-0.25, -0.2) is 0 Å². The van der Waals surface area contributed by atoms with Gasteiger partial charge in [-0.3, -0.25) is 15.1 Å². The van der Waals surface area contributed by atoms with Gasteiger partial charge in [0.15, 0.2) is 0 Å². The summed E-state index contributed by atoms with van der Waals surface area (Å²) in [5.41, 5.74) is -1.37. The van der Waals surface area contributed by atoms with E-state index in [9.17, 15) is 23.3 Å². The molecule has 0 amide bonds. The minimum absolute atomic E-state index is 0.0360. The number of nitrogens with zero attached hydrogens (tertiary/aromatic N) is 2. The van der Waals surface area contributed by atoms with Gasteiger partial charge in [0.05, 0.1) is 21.0 Å². The third-order valence-electron chi connectivity index (χ3n) is 3.38. The molecule has 0 radical (unpaired) electrons. The van der Waals surface area contributed by atoms with Crippen molar-refractivity contribution >= 4 is 28.2 Å². The normalized spacial score (nSPS) is 11.5. The molecule has 0 N–H and O–H groups in total. The summed E-state index contributed by atoms with van der Waals surface area (Å²) in [7, 11) is 0. The van der Waals surface area contributed by atoms with E-state index in [0.29, 0.717) is 0 Å². The fourth-order valence-corrected chi connectivity index (χ4v) is 2.49. The Hall–Kier alpha value is -2.87. The lowest BCUT2D eigenvalue weighted by Gasteiger charge is -2.13. The molecule has 1 heterocycles. The molecule has 0 aliphatic rings. The first-order valence-electron chi connectivity index (χ1n) is 6.84. The highest BCUT2D eigenvalue weighted by molar-refractivity contribution is 6.32. The number of hydrogen-bond donors (Lipinski definition) is 0. The fraction of sp³-hybridized carbons (Fsp3) is 0.0625. The van der Waals surface area contributed by atoms with E-state index in [1.54, 1.807) is 0 Å². The van der Waals surface area contributed by atoms with Crippen molar-refractivity contribution in [1.82, 2.24) is 4.98 Å². The second-order valence-electron chi connectivity index (χ2n) is 4.98. The van der Waals surface area contributed by atoms with Crippen LogP contribution in [0.4, 0.5) is 18.9 Å². The van der Waals surface area contributed by atoms with Crippen LogP contribution in [-0.4, -0.2) is 9.91 Å². The number of rotatable bonds is 3. The number of hydrogen-bond acceptors (Lipinski definition) is 4. The second-order valence-corrected chi connectivity index (χ2v) is 5.39. The minimum atomic E-state index is -4.56. The lowest BCUT2D eigenvalue weighted by Crippen LogP contribution is -2.06. The summed E-state index contributed by atoms with van der Waals surface area (Å²) in [6.45, 7) is 0. The van der Waals surface area contributed by atoms with E-state index in [1.165, 1.54) is 36.5 Å². The van der Waals surface area contributed by atoms with Crippen LogP contribution in [0.15, 0.2) is 48.7 Å². The van der Waals surface area contributed by atoms with Gasteiger partial charge < -0.3 is 4.74 Å². The van der Waals surface area contributed by atoms with Crippen molar-refractivity contribution < 1.29 is 22.8 Å². The first-order chi connectivity index (χ1) is 11.8. The molecule has 3 rings (SSSR count). The molecular formula is C16H8ClF3N2O3. The molecule has 0 bridgehead atoms. The Morgan fingerprint density at radius 3 is 2.52 bits per heavy atom. The summed E-state index contributed by atoms with van der Waals surface area (Å²) >= 11 is 5.95. The first kappa shape index (κ1) is 17.0. The van der Waals surface area contributed by atoms with Gasteiger partial charge in [-0.2, -0.15) is 13.2 Å². The molecule has 0 aliphatic carbocycles. The Morgan fingerprint density at radius 1 is 1.12 bits per heavy atom. The predicted octanol–water partition coefficient (Wildman–Crippen LogP) is 5.61. The van der Waals surface area contributed by atoms with E-state index in [-0.39, 0.29) is 33.1 Å². The van der Waals surface area contributed by atoms with Crippen LogP contribution in [0.25, 0.3) is 10.9 Å². The summed E-state index contributed by atoms with van der Waals surface area (Å²) in [5, 5.41) is 10.8. The molecule has 0 spiro atoms. The largest absolute Gasteiger partial charge is 0.455 e. The number of fused-ring (bicyclic) bond motifs is 1. The molecule has 2 aromatic carbocycles. The summed E-state index contributed by atoms with van der Waals surface area (Å²) in [5.74, 6) is 0.184. The Bertz CT molecular complexity index is 976. The van der Waals surface area contributed by atoms with Crippen LogP contribution in [0, 0.1) is 10.1 Å². The zero-order chi connectivity index (χ0) is 18.2. The Morgan fingerprint density at radius 2 is 1.88 bits per heavy atom. The van der Waals surface area contributed by atoms with Gasteiger partial charge in [-0.15, -0.1) is 0 Å². The number of para-hydroxylation sites is 1. The van der Waals surface area contributed by atoms with E-state index >= 15 is 0 Å². The van der Waals surface area contributed by atoms with Crippen molar-refractivity contribution in [1.29, 1.82) is 0 Å². The molecule has 0 atom stereocenters. The van der Waals surface area contributed by atoms with Crippen molar-refractivity contribution in [3.05, 3.63) is 69.4 Å². The molecule has 1 aromatic heterocycles. The number of benzene rings is 2. The third kappa shape index (κ3) is 3.34. The van der Waals surface area contributed by atoms with Gasteiger partial charge in [0, 0.05) is 23.7 Å². The predicted molar refractivity (Wildman–Crippen MR) is 84.9 cm³/mol. The third-order valence-corrected chi connectivity index (χ3v) is 3.68. The van der Waals surface area contributed by atoms with Gasteiger partial charge in [0.2, 0.25) is 0 Å². The van der Waals surface area contributed by atoms with E-state index in [2.05, 4.69) is 4.98 Å². The van der Waals surface area contributed by atoms with Gasteiger partial charge >= 0.3 is 6.18 Å². The standard InChI is InChI=1S/C16H8ClF3N2O3/c17-12-8-9(22(23)24)4-5-14(12)25-13-6-7-21-15-10(13)2-1-3-11(15)16(18,19)20/h1-8H. The number of aromatic nitrogens is 1. The van der Waals surface area contributed by atoms with Crippen LogP contribution >= 0.6 is 11.6 Å². The minimum Gasteiger partial charge on any atom is -0.455 e. The number of pyridine rings is 1. The average Bonchev–Trinajstić information content (AvgIpc) is 2.55. The molecule has 0 unspecified atom stereocenters. The van der Waals surface area contributed by atoms with Crippen LogP contribution < -0.4 is 4.74 Å². The maximum atomic E-state index is 13.1. The molecule has 3 aromatic rings. The summed E-state index contributed by atoms with van der Waals surface area (Å²) in [6.07, 6.45) is -3.37. The molecule has 0 saturated carbocycles. The lowest BCUT2D eigenvalue weighted by atomic mass is 10.1. The monoisotopic (exact) mass is 368 g/mol. The van der Waals surface area contributed by atoms with Crippen LogP contribution in [0.5, 0.6) is 11.5 Å². The molecule has 9 heteroatoms. The van der Waals surface area contributed by atoms with E-state index < -0.39 is 16.7 Å². The van der Waals surface area contributed by atoms with Crippen molar-refractivity contribution in [2.24, 2.45) is 0 Å². The highest BCUT2D eigenvalue weighted by Crippen LogP contribution is 2.39. The molecule has 0 aliphatic heterocycles.